The number of carboxylic acid groups (broad SMARTS) is 2. The maximum atomic E-state index is 13.0. The molecule has 4 aromatic heterocycles. The number of anilines is 6. The first-order chi connectivity index (χ1) is 41.6. The van der Waals surface area contributed by atoms with E-state index in [-0.39, 0.29) is 69.9 Å². The zero-order valence-electron chi connectivity index (χ0n) is 49.1. The van der Waals surface area contributed by atoms with Gasteiger partial charge in [0.1, 0.15) is 28.9 Å². The second kappa shape index (κ2) is 27.0. The van der Waals surface area contributed by atoms with Crippen molar-refractivity contribution in [1.29, 1.82) is 0 Å². The molecule has 12 rings (SSSR count). The number of nitrogens with two attached hydrogens (primary N) is 3. The van der Waals surface area contributed by atoms with Crippen LogP contribution in [0, 0.1) is 0 Å². The number of carbonyl (C=O) groups is 5. The number of rotatable bonds is 16. The number of piperidine rings is 2. The molecule has 4 atom stereocenters. The first kappa shape index (κ1) is 61.7. The third-order valence-corrected chi connectivity index (χ3v) is 16.0. The number of aromatic hydroxyl groups is 2. The van der Waals surface area contributed by atoms with Crippen LogP contribution in [-0.4, -0.2) is 134 Å². The van der Waals surface area contributed by atoms with Crippen molar-refractivity contribution in [3.8, 4) is 17.2 Å². The quantitative estimate of drug-likeness (QED) is 0.0464. The largest absolute Gasteiger partial charge is 0.508 e. The van der Waals surface area contributed by atoms with Crippen LogP contribution >= 0.6 is 0 Å². The fourth-order valence-electron chi connectivity index (χ4n) is 10.6. The van der Waals surface area contributed by atoms with Crippen molar-refractivity contribution in [1.82, 2.24) is 44.8 Å². The summed E-state index contributed by atoms with van der Waals surface area (Å²) < 4.78 is 8.45. The number of hydrogen-bond donors (Lipinski definition) is 10. The van der Waals surface area contributed by atoms with Gasteiger partial charge in [0.15, 0.2) is 23.0 Å². The van der Waals surface area contributed by atoms with E-state index < -0.39 is 23.8 Å². The fraction of sp³-hybridized carbons (Fsp3) is 0.393. The molecule has 3 aliphatic carbocycles. The van der Waals surface area contributed by atoms with Gasteiger partial charge in [-0.25, -0.2) is 29.5 Å². The second-order valence-corrected chi connectivity index (χ2v) is 22.5. The summed E-state index contributed by atoms with van der Waals surface area (Å²) in [5, 5.41) is 54.7. The number of primary amides is 2. The standard InChI is InChI=1S/C25H30N8O3.C15H22N8O.C11H12O3.C10H10O3/c1-14-19(30-25(36)16-7-8-18(15-5-6-15)20(34)10-16)4-3-9-33(14)21-12-27-22(23(26)35)24(31-21)29-17-11-28-32(2)13-17;1-9-11(16)4-3-5-23(9)12-7-18-13(14(17)24)15(21-12)20-10-6-19-22(2)8-10;1-14-10-6-8(11(12)13)4-5-9(10)7-2-3-7;11-9-5-7(10(12)13)3-4-8(9)6-1-2-6/h7-8,10-15,19,34H,3-6,9H2,1-2H3,(H2,26,35)(H,29,31)(H,30,36);6-9,11H,3-5,16H2,1-2H3,(H2,17,24)(H,20,21);4-7H,2-3H2,1H3,(H,12,13);3-6,11H,1-2H2,(H,12,13)/t14-,19-;9-,11-;;/m11../s1. The molecule has 7 aromatic rings. The molecule has 458 valence electrons. The molecule has 5 fully saturated rings. The number of amides is 3. The van der Waals surface area contributed by atoms with Crippen LogP contribution in [0.25, 0.3) is 0 Å². The number of methoxy groups -OCH3 is 1. The number of carbonyl (C=O) groups excluding carboxylic acids is 3. The van der Waals surface area contributed by atoms with Crippen molar-refractivity contribution >= 4 is 64.3 Å². The number of phenols is 2. The van der Waals surface area contributed by atoms with Crippen LogP contribution in [0.15, 0.2) is 91.8 Å². The van der Waals surface area contributed by atoms with Gasteiger partial charge < -0.3 is 68.1 Å². The molecule has 0 bridgehead atoms. The number of aromatic carboxylic acids is 2. The lowest BCUT2D eigenvalue weighted by atomic mass is 9.96. The van der Waals surface area contributed by atoms with Crippen LogP contribution in [0.2, 0.25) is 0 Å². The minimum absolute atomic E-state index is 0.0339. The number of phenolic OH excluding ortho intramolecular Hbond substituents is 2. The van der Waals surface area contributed by atoms with Crippen LogP contribution in [0.4, 0.5) is 34.6 Å². The smallest absolute Gasteiger partial charge is 0.335 e. The van der Waals surface area contributed by atoms with Gasteiger partial charge >= 0.3 is 11.9 Å². The van der Waals surface area contributed by atoms with Crippen LogP contribution < -0.4 is 47.7 Å². The summed E-state index contributed by atoms with van der Waals surface area (Å²) in [7, 11) is 5.17. The van der Waals surface area contributed by atoms with Crippen molar-refractivity contribution in [3.63, 3.8) is 0 Å². The van der Waals surface area contributed by atoms with E-state index in [9.17, 15) is 34.2 Å². The summed E-state index contributed by atoms with van der Waals surface area (Å²) in [5.41, 5.74) is 22.4. The van der Waals surface area contributed by atoms with E-state index in [0.29, 0.717) is 57.9 Å². The Balaban J connectivity index is 0.000000151. The SMILES string of the molecule is COc1cc(C(=O)O)ccc1C1CC1.C[C@@H]1[C@H](N)CCCN1c1cnc(C(N)=O)c(Nc2cnn(C)c2)n1.C[C@@H]1[C@H](NC(=O)c2ccc(C3CC3)c(O)c2)CCCN1c1cnc(C(N)=O)c(Nc2cnn(C)c2)n1.O=C(O)c1ccc(C2CC2)c(O)c1. The monoisotopic (exact) mass is 1190 g/mol. The summed E-state index contributed by atoms with van der Waals surface area (Å²) in [6.07, 6.45) is 20.2. The number of benzene rings is 3. The molecule has 0 radical (unpaired) electrons. The van der Waals surface area contributed by atoms with E-state index in [4.69, 9.17) is 32.2 Å². The van der Waals surface area contributed by atoms with Crippen molar-refractivity contribution < 1.29 is 49.1 Å². The number of hydrogen-bond acceptors (Lipinski definition) is 19. The maximum absolute atomic E-state index is 13.0. The summed E-state index contributed by atoms with van der Waals surface area (Å²) >= 11 is 0. The number of ether oxygens (including phenoxy) is 1. The Labute approximate surface area is 502 Å². The van der Waals surface area contributed by atoms with E-state index in [1.165, 1.54) is 31.2 Å². The van der Waals surface area contributed by atoms with Gasteiger partial charge in [-0.05, 0) is 149 Å². The van der Waals surface area contributed by atoms with Gasteiger partial charge in [-0.1, -0.05) is 18.2 Å². The minimum atomic E-state index is -1.00. The number of aromatic nitrogens is 8. The Hall–Kier alpha value is -9.85. The van der Waals surface area contributed by atoms with Gasteiger partial charge in [-0.15, -0.1) is 0 Å². The third-order valence-electron chi connectivity index (χ3n) is 16.0. The molecule has 3 amide bonds. The van der Waals surface area contributed by atoms with Crippen molar-refractivity contribution in [3.05, 3.63) is 137 Å². The highest BCUT2D eigenvalue weighted by Gasteiger charge is 2.34. The fourth-order valence-corrected chi connectivity index (χ4v) is 10.6. The van der Waals surface area contributed by atoms with E-state index in [1.54, 1.807) is 91.9 Å². The van der Waals surface area contributed by atoms with Gasteiger partial charge in [0, 0.05) is 69.3 Å². The lowest BCUT2D eigenvalue weighted by Crippen LogP contribution is -2.54. The molecule has 5 aliphatic rings. The molecular weight excluding hydrogens is 1120 g/mol. The maximum Gasteiger partial charge on any atom is 0.335 e. The first-order valence-electron chi connectivity index (χ1n) is 28.9. The molecular formula is C61H74N16O10. The lowest BCUT2D eigenvalue weighted by molar-refractivity contribution is 0.0685. The van der Waals surface area contributed by atoms with Gasteiger partial charge in [0.25, 0.3) is 17.7 Å². The van der Waals surface area contributed by atoms with Gasteiger partial charge in [0.2, 0.25) is 0 Å². The predicted octanol–water partition coefficient (Wildman–Crippen LogP) is 7.03. The molecule has 6 heterocycles. The van der Waals surface area contributed by atoms with E-state index in [0.717, 1.165) is 81.1 Å². The third kappa shape index (κ3) is 15.5. The topological polar surface area (TPSA) is 383 Å². The Kier molecular flexibility index (Phi) is 19.2. The normalized spacial score (nSPS) is 18.7. The van der Waals surface area contributed by atoms with Gasteiger partial charge in [0.05, 0.1) is 54.4 Å². The molecule has 0 spiro atoms. The molecule has 3 saturated carbocycles. The summed E-state index contributed by atoms with van der Waals surface area (Å²) in [5.74, 6) is 0.789. The summed E-state index contributed by atoms with van der Waals surface area (Å²) in [6, 6.07) is 14.9. The molecule has 13 N–H and O–H groups in total. The number of nitrogens with one attached hydrogen (secondary N) is 3. The Morgan fingerprint density at radius 1 is 0.586 bits per heavy atom. The van der Waals surface area contributed by atoms with Crippen LogP contribution in [-0.2, 0) is 14.1 Å². The van der Waals surface area contributed by atoms with Crippen molar-refractivity contribution in [2.24, 2.45) is 31.3 Å². The Morgan fingerprint density at radius 3 is 1.46 bits per heavy atom. The zero-order valence-corrected chi connectivity index (χ0v) is 49.1. The van der Waals surface area contributed by atoms with E-state index >= 15 is 0 Å². The molecule has 2 saturated heterocycles. The molecule has 87 heavy (non-hydrogen) atoms. The molecule has 0 unspecified atom stereocenters. The van der Waals surface area contributed by atoms with Crippen LogP contribution in [0.5, 0.6) is 17.2 Å². The van der Waals surface area contributed by atoms with Gasteiger partial charge in [-0.3, -0.25) is 23.7 Å². The molecule has 2 aliphatic heterocycles. The molecule has 26 nitrogen and oxygen atoms in total. The molecule has 26 heteroatoms. The first-order valence-corrected chi connectivity index (χ1v) is 28.9. The van der Waals surface area contributed by atoms with Crippen LogP contribution in [0.1, 0.15) is 165 Å². The number of nitrogens with zero attached hydrogens (tertiary/aromatic N) is 10. The highest BCUT2D eigenvalue weighted by atomic mass is 16.5. The number of aryl methyl sites for hydroxylation is 2. The molecule has 3 aromatic carbocycles. The van der Waals surface area contributed by atoms with Crippen molar-refractivity contribution in [2.75, 3.05) is 40.6 Å². The average molecular weight is 1190 g/mol. The highest BCUT2D eigenvalue weighted by molar-refractivity contribution is 5.97. The zero-order chi connectivity index (χ0) is 62.2. The van der Waals surface area contributed by atoms with Crippen molar-refractivity contribution in [2.45, 2.75) is 120 Å². The predicted molar refractivity (Wildman–Crippen MR) is 324 cm³/mol. The highest BCUT2D eigenvalue weighted by Crippen LogP contribution is 2.46. The lowest BCUT2D eigenvalue weighted by Gasteiger charge is -2.40. The average Bonchev–Trinajstić information content (AvgIpc) is 2.61. The minimum Gasteiger partial charge on any atom is -0.508 e. The summed E-state index contributed by atoms with van der Waals surface area (Å²) in [4.78, 5) is 79.7. The van der Waals surface area contributed by atoms with E-state index in [1.807, 2.05) is 19.1 Å². The Bertz CT molecular complexity index is 3650. The van der Waals surface area contributed by atoms with Gasteiger partial charge in [-0.2, -0.15) is 10.2 Å². The summed E-state index contributed by atoms with van der Waals surface area (Å²) in [6.45, 7) is 5.67. The van der Waals surface area contributed by atoms with Crippen LogP contribution in [0.3, 0.4) is 0 Å². The van der Waals surface area contributed by atoms with E-state index in [2.05, 4.69) is 62.8 Å². The second-order valence-electron chi connectivity index (χ2n) is 22.5. The Morgan fingerprint density at radius 2 is 1.02 bits per heavy atom. The number of carboxylic acids is 2.